The summed E-state index contributed by atoms with van der Waals surface area (Å²) in [5, 5.41) is 2.98. The third-order valence-electron chi connectivity index (χ3n) is 5.07. The molecule has 0 unspecified atom stereocenters. The quantitative estimate of drug-likeness (QED) is 0.539. The van der Waals surface area contributed by atoms with Gasteiger partial charge in [0.05, 0.1) is 6.61 Å². The molecule has 4 heteroatoms. The van der Waals surface area contributed by atoms with Crippen molar-refractivity contribution >= 4 is 5.91 Å². The summed E-state index contributed by atoms with van der Waals surface area (Å²) < 4.78 is 11.7. The predicted octanol–water partition coefficient (Wildman–Crippen LogP) is 5.52. The molecule has 0 fully saturated rings. The highest BCUT2D eigenvalue weighted by molar-refractivity contribution is 5.94. The third-order valence-corrected chi connectivity index (χ3v) is 5.07. The van der Waals surface area contributed by atoms with Crippen molar-refractivity contribution in [2.75, 3.05) is 6.61 Å². The zero-order valence-electron chi connectivity index (χ0n) is 18.1. The minimum absolute atomic E-state index is 0.119. The molecule has 4 nitrogen and oxygen atoms in total. The van der Waals surface area contributed by atoms with E-state index in [0.29, 0.717) is 25.3 Å². The second-order valence-corrected chi connectivity index (χ2v) is 7.46. The summed E-state index contributed by atoms with van der Waals surface area (Å²) >= 11 is 0. The Morgan fingerprint density at radius 3 is 2.33 bits per heavy atom. The number of aryl methyl sites for hydroxylation is 3. The number of carbonyl (C=O) groups excluding carboxylic acids is 1. The molecule has 0 radical (unpaired) electrons. The summed E-state index contributed by atoms with van der Waals surface area (Å²) in [6.45, 7) is 9.49. The summed E-state index contributed by atoms with van der Waals surface area (Å²) in [5.41, 5.74) is 6.11. The summed E-state index contributed by atoms with van der Waals surface area (Å²) in [4.78, 5) is 12.7. The van der Waals surface area contributed by atoms with E-state index >= 15 is 0 Å². The number of carbonyl (C=O) groups is 1. The molecule has 3 rings (SSSR count). The van der Waals surface area contributed by atoms with Gasteiger partial charge in [0.25, 0.3) is 5.91 Å². The average Bonchev–Trinajstić information content (AvgIpc) is 2.75. The van der Waals surface area contributed by atoms with Crippen molar-refractivity contribution < 1.29 is 14.3 Å². The number of hydrogen-bond donors (Lipinski definition) is 1. The molecular weight excluding hydrogens is 374 g/mol. The Balaban J connectivity index is 1.71. The van der Waals surface area contributed by atoms with E-state index in [4.69, 9.17) is 9.47 Å². The maximum Gasteiger partial charge on any atom is 0.251 e. The Bertz CT molecular complexity index is 1010. The molecule has 30 heavy (non-hydrogen) atoms. The van der Waals surface area contributed by atoms with Gasteiger partial charge in [-0.3, -0.25) is 4.79 Å². The van der Waals surface area contributed by atoms with Gasteiger partial charge in [0.2, 0.25) is 0 Å². The first-order chi connectivity index (χ1) is 14.5. The first kappa shape index (κ1) is 21.4. The van der Waals surface area contributed by atoms with Crippen molar-refractivity contribution in [3.63, 3.8) is 0 Å². The van der Waals surface area contributed by atoms with Crippen molar-refractivity contribution in [2.45, 2.75) is 40.8 Å². The van der Waals surface area contributed by atoms with Crippen LogP contribution in [0.4, 0.5) is 0 Å². The van der Waals surface area contributed by atoms with Crippen LogP contribution in [0.25, 0.3) is 0 Å². The summed E-state index contributed by atoms with van der Waals surface area (Å²) in [7, 11) is 0. The molecular formula is C26H29NO3. The normalized spacial score (nSPS) is 10.5. The zero-order valence-corrected chi connectivity index (χ0v) is 18.1. The lowest BCUT2D eigenvalue weighted by molar-refractivity contribution is 0.0950. The zero-order chi connectivity index (χ0) is 21.5. The lowest BCUT2D eigenvalue weighted by atomic mass is 10.1. The van der Waals surface area contributed by atoms with Gasteiger partial charge < -0.3 is 14.8 Å². The van der Waals surface area contributed by atoms with Crippen LogP contribution in [0.5, 0.6) is 11.5 Å². The molecule has 0 saturated heterocycles. The standard InChI is InChI=1S/C26H29NO3/c1-5-29-25-13-11-22(26(28)27-16-21-9-6-18(2)7-10-21)15-23(25)17-30-24-12-8-19(3)20(4)14-24/h6-15H,5,16-17H2,1-4H3,(H,27,28). The molecule has 0 spiro atoms. The highest BCUT2D eigenvalue weighted by Gasteiger charge is 2.12. The van der Waals surface area contributed by atoms with E-state index in [9.17, 15) is 4.79 Å². The van der Waals surface area contributed by atoms with E-state index in [1.165, 1.54) is 16.7 Å². The van der Waals surface area contributed by atoms with E-state index in [2.05, 4.69) is 19.2 Å². The average molecular weight is 404 g/mol. The monoisotopic (exact) mass is 403 g/mol. The van der Waals surface area contributed by atoms with Gasteiger partial charge in [0.1, 0.15) is 18.1 Å². The Hall–Kier alpha value is -3.27. The van der Waals surface area contributed by atoms with Crippen molar-refractivity contribution in [1.29, 1.82) is 0 Å². The van der Waals surface area contributed by atoms with Crippen LogP contribution in [-0.4, -0.2) is 12.5 Å². The maximum absolute atomic E-state index is 12.7. The second-order valence-electron chi connectivity index (χ2n) is 7.46. The summed E-state index contributed by atoms with van der Waals surface area (Å²) in [6.07, 6.45) is 0. The summed E-state index contributed by atoms with van der Waals surface area (Å²) in [5.74, 6) is 1.41. The molecule has 0 saturated carbocycles. The summed E-state index contributed by atoms with van der Waals surface area (Å²) in [6, 6.07) is 19.6. The molecule has 3 aromatic carbocycles. The number of benzene rings is 3. The van der Waals surface area contributed by atoms with Crippen LogP contribution in [0.15, 0.2) is 60.7 Å². The van der Waals surface area contributed by atoms with Crippen molar-refractivity contribution in [1.82, 2.24) is 5.32 Å². The van der Waals surface area contributed by atoms with Crippen LogP contribution in [0.3, 0.4) is 0 Å². The highest BCUT2D eigenvalue weighted by Crippen LogP contribution is 2.24. The smallest absolute Gasteiger partial charge is 0.251 e. The fraction of sp³-hybridized carbons (Fsp3) is 0.269. The predicted molar refractivity (Wildman–Crippen MR) is 120 cm³/mol. The lowest BCUT2D eigenvalue weighted by Crippen LogP contribution is -2.23. The second kappa shape index (κ2) is 9.97. The molecule has 156 valence electrons. The van der Waals surface area contributed by atoms with E-state index < -0.39 is 0 Å². The largest absolute Gasteiger partial charge is 0.493 e. The molecule has 1 amide bonds. The molecule has 1 N–H and O–H groups in total. The van der Waals surface area contributed by atoms with Gasteiger partial charge in [-0.05, 0) is 74.7 Å². The fourth-order valence-corrected chi connectivity index (χ4v) is 3.08. The fourth-order valence-electron chi connectivity index (χ4n) is 3.08. The molecule has 3 aromatic rings. The van der Waals surface area contributed by atoms with Gasteiger partial charge in [-0.2, -0.15) is 0 Å². The van der Waals surface area contributed by atoms with E-state index in [-0.39, 0.29) is 5.91 Å². The maximum atomic E-state index is 12.7. The van der Waals surface area contributed by atoms with Gasteiger partial charge >= 0.3 is 0 Å². The van der Waals surface area contributed by atoms with Crippen LogP contribution in [0.2, 0.25) is 0 Å². The van der Waals surface area contributed by atoms with Crippen LogP contribution in [0, 0.1) is 20.8 Å². The van der Waals surface area contributed by atoms with E-state index in [0.717, 1.165) is 22.6 Å². The Morgan fingerprint density at radius 1 is 0.867 bits per heavy atom. The van der Waals surface area contributed by atoms with Gasteiger partial charge in [-0.15, -0.1) is 0 Å². The van der Waals surface area contributed by atoms with E-state index in [1.807, 2.05) is 68.4 Å². The first-order valence-electron chi connectivity index (χ1n) is 10.3. The SMILES string of the molecule is CCOc1ccc(C(=O)NCc2ccc(C)cc2)cc1COc1ccc(C)c(C)c1. The third kappa shape index (κ3) is 5.63. The number of rotatable bonds is 8. The number of ether oxygens (including phenoxy) is 2. The number of hydrogen-bond acceptors (Lipinski definition) is 3. The molecule has 0 aliphatic rings. The minimum atomic E-state index is -0.119. The Morgan fingerprint density at radius 2 is 1.63 bits per heavy atom. The van der Waals surface area contributed by atoms with Gasteiger partial charge in [-0.25, -0.2) is 0 Å². The van der Waals surface area contributed by atoms with Crippen LogP contribution in [-0.2, 0) is 13.2 Å². The molecule has 0 aromatic heterocycles. The molecule has 0 atom stereocenters. The topological polar surface area (TPSA) is 47.6 Å². The van der Waals surface area contributed by atoms with Crippen molar-refractivity contribution in [3.05, 3.63) is 94.0 Å². The van der Waals surface area contributed by atoms with E-state index in [1.54, 1.807) is 6.07 Å². The number of amides is 1. The highest BCUT2D eigenvalue weighted by atomic mass is 16.5. The lowest BCUT2D eigenvalue weighted by Gasteiger charge is -2.14. The number of nitrogens with one attached hydrogen (secondary N) is 1. The first-order valence-corrected chi connectivity index (χ1v) is 10.3. The van der Waals surface area contributed by atoms with Crippen molar-refractivity contribution in [3.8, 4) is 11.5 Å². The van der Waals surface area contributed by atoms with Gasteiger partial charge in [0.15, 0.2) is 0 Å². The Kier molecular flexibility index (Phi) is 7.12. The van der Waals surface area contributed by atoms with Crippen molar-refractivity contribution in [2.24, 2.45) is 0 Å². The minimum Gasteiger partial charge on any atom is -0.493 e. The molecule has 0 heterocycles. The molecule has 0 bridgehead atoms. The van der Waals surface area contributed by atoms with Crippen LogP contribution in [0.1, 0.15) is 45.1 Å². The molecule has 0 aliphatic carbocycles. The van der Waals surface area contributed by atoms with Crippen LogP contribution >= 0.6 is 0 Å². The van der Waals surface area contributed by atoms with Gasteiger partial charge in [-0.1, -0.05) is 35.9 Å². The van der Waals surface area contributed by atoms with Crippen LogP contribution < -0.4 is 14.8 Å². The Labute approximate surface area is 178 Å². The van der Waals surface area contributed by atoms with Gasteiger partial charge in [0, 0.05) is 17.7 Å². The molecule has 0 aliphatic heterocycles.